The van der Waals surface area contributed by atoms with Gasteiger partial charge in [-0.05, 0) is 31.8 Å². The van der Waals surface area contributed by atoms with Crippen molar-refractivity contribution in [3.05, 3.63) is 24.4 Å². The molecule has 1 heterocycles. The van der Waals surface area contributed by atoms with Crippen molar-refractivity contribution in [3.63, 3.8) is 0 Å². The number of nitriles is 1. The summed E-state index contributed by atoms with van der Waals surface area (Å²) in [5.74, 6) is 0.0937. The van der Waals surface area contributed by atoms with Gasteiger partial charge in [-0.1, -0.05) is 32.9 Å². The maximum absolute atomic E-state index is 8.73. The molecule has 3 heteroatoms. The maximum atomic E-state index is 8.73. The van der Waals surface area contributed by atoms with Crippen LogP contribution in [-0.4, -0.2) is 19.1 Å². The molecule has 0 bridgehead atoms. The van der Waals surface area contributed by atoms with Crippen molar-refractivity contribution in [2.24, 2.45) is 5.92 Å². The fraction of sp³-hybridized carbons (Fsp3) is 0.615. The topological polar surface area (TPSA) is 47.9 Å². The predicted molar refractivity (Wildman–Crippen MR) is 68.8 cm³/mol. The molecule has 0 aromatic heterocycles. The average molecular weight is 221 g/mol. The first kappa shape index (κ1) is 14.7. The van der Waals surface area contributed by atoms with Gasteiger partial charge in [-0.3, -0.25) is 0 Å². The third-order valence-corrected chi connectivity index (χ3v) is 2.35. The van der Waals surface area contributed by atoms with Crippen LogP contribution in [0.5, 0.6) is 0 Å². The van der Waals surface area contributed by atoms with E-state index in [9.17, 15) is 0 Å². The van der Waals surface area contributed by atoms with Crippen LogP contribution in [0.25, 0.3) is 0 Å². The zero-order valence-corrected chi connectivity index (χ0v) is 10.5. The fourth-order valence-electron chi connectivity index (χ4n) is 1.39. The first-order chi connectivity index (χ1) is 7.79. The van der Waals surface area contributed by atoms with E-state index in [4.69, 9.17) is 5.26 Å². The van der Waals surface area contributed by atoms with E-state index in [1.165, 1.54) is 0 Å². The van der Waals surface area contributed by atoms with Crippen LogP contribution < -0.4 is 10.6 Å². The largest absolute Gasteiger partial charge is 0.383 e. The van der Waals surface area contributed by atoms with Gasteiger partial charge in [0.2, 0.25) is 0 Å². The first-order valence-electron chi connectivity index (χ1n) is 5.99. The zero-order valence-electron chi connectivity index (χ0n) is 10.5. The highest BCUT2D eigenvalue weighted by molar-refractivity contribution is 5.15. The molecular weight excluding hydrogens is 198 g/mol. The van der Waals surface area contributed by atoms with E-state index in [2.05, 4.69) is 30.6 Å². The van der Waals surface area contributed by atoms with Crippen molar-refractivity contribution in [1.29, 1.82) is 5.26 Å². The lowest BCUT2D eigenvalue weighted by Crippen LogP contribution is -2.30. The molecular formula is C13H23N3. The minimum atomic E-state index is 0.0937. The van der Waals surface area contributed by atoms with Crippen LogP contribution in [-0.2, 0) is 0 Å². The van der Waals surface area contributed by atoms with Crippen LogP contribution in [0, 0.1) is 17.2 Å². The summed E-state index contributed by atoms with van der Waals surface area (Å²) >= 11 is 0. The number of hydrogen-bond donors (Lipinski definition) is 2. The van der Waals surface area contributed by atoms with Gasteiger partial charge < -0.3 is 10.6 Å². The summed E-state index contributed by atoms with van der Waals surface area (Å²) < 4.78 is 0. The number of rotatable bonds is 4. The van der Waals surface area contributed by atoms with Crippen LogP contribution in [0.2, 0.25) is 0 Å². The third-order valence-electron chi connectivity index (χ3n) is 2.35. The maximum Gasteiger partial charge on any atom is 0.0698 e. The first-order valence-corrected chi connectivity index (χ1v) is 5.99. The summed E-state index contributed by atoms with van der Waals surface area (Å²) in [7, 11) is 0. The van der Waals surface area contributed by atoms with Crippen molar-refractivity contribution in [2.75, 3.05) is 13.1 Å². The summed E-state index contributed by atoms with van der Waals surface area (Å²) in [6, 6.07) is 2.48. The lowest BCUT2D eigenvalue weighted by molar-refractivity contribution is 0.515. The van der Waals surface area contributed by atoms with Gasteiger partial charge in [-0.2, -0.15) is 5.26 Å². The Labute approximate surface area is 99.2 Å². The minimum Gasteiger partial charge on any atom is -0.383 e. The van der Waals surface area contributed by atoms with E-state index < -0.39 is 0 Å². The van der Waals surface area contributed by atoms with E-state index in [-0.39, 0.29) is 12.0 Å². The zero-order chi connectivity index (χ0) is 12.2. The molecule has 2 atom stereocenters. The third kappa shape index (κ3) is 6.26. The molecule has 0 spiro atoms. The number of nitrogens with zero attached hydrogens (tertiary/aromatic N) is 1. The van der Waals surface area contributed by atoms with Crippen molar-refractivity contribution < 1.29 is 0 Å². The normalized spacial score (nSPS) is 19.0. The number of nitrogens with one attached hydrogen (secondary N) is 2. The highest BCUT2D eigenvalue weighted by Gasteiger charge is 2.15. The second kappa shape index (κ2) is 10.3. The SMILES string of the molecule is CCC(C#N)C1C=CC=CN1.CCNCC. The van der Waals surface area contributed by atoms with E-state index in [1.807, 2.05) is 31.4 Å². The van der Waals surface area contributed by atoms with E-state index in [1.54, 1.807) is 0 Å². The molecule has 2 N–H and O–H groups in total. The monoisotopic (exact) mass is 221 g/mol. The van der Waals surface area contributed by atoms with E-state index >= 15 is 0 Å². The van der Waals surface area contributed by atoms with Gasteiger partial charge in [-0.25, -0.2) is 0 Å². The molecule has 0 aromatic rings. The Morgan fingerprint density at radius 3 is 2.31 bits per heavy atom. The Bertz CT molecular complexity index is 248. The van der Waals surface area contributed by atoms with Gasteiger partial charge in [0.05, 0.1) is 18.0 Å². The molecule has 16 heavy (non-hydrogen) atoms. The average Bonchev–Trinajstić information content (AvgIpc) is 2.34. The van der Waals surface area contributed by atoms with E-state index in [0.29, 0.717) is 0 Å². The van der Waals surface area contributed by atoms with Crippen LogP contribution in [0.3, 0.4) is 0 Å². The Kier molecular flexibility index (Phi) is 9.44. The lowest BCUT2D eigenvalue weighted by Gasteiger charge is -2.19. The smallest absolute Gasteiger partial charge is 0.0698 e. The molecule has 0 amide bonds. The van der Waals surface area contributed by atoms with Gasteiger partial charge in [-0.15, -0.1) is 0 Å². The summed E-state index contributed by atoms with van der Waals surface area (Å²) in [4.78, 5) is 0. The quantitative estimate of drug-likeness (QED) is 0.765. The van der Waals surface area contributed by atoms with Crippen molar-refractivity contribution in [2.45, 2.75) is 33.2 Å². The van der Waals surface area contributed by atoms with Gasteiger partial charge in [0, 0.05) is 0 Å². The van der Waals surface area contributed by atoms with Crippen LogP contribution in [0.4, 0.5) is 0 Å². The van der Waals surface area contributed by atoms with Gasteiger partial charge in [0.25, 0.3) is 0 Å². The van der Waals surface area contributed by atoms with Crippen LogP contribution in [0.15, 0.2) is 24.4 Å². The van der Waals surface area contributed by atoms with Crippen LogP contribution >= 0.6 is 0 Å². The van der Waals surface area contributed by atoms with Gasteiger partial charge in [0.1, 0.15) is 0 Å². The summed E-state index contributed by atoms with van der Waals surface area (Å²) in [6.45, 7) is 8.42. The molecule has 0 radical (unpaired) electrons. The second-order valence-corrected chi connectivity index (χ2v) is 3.54. The Morgan fingerprint density at radius 2 is 2.00 bits per heavy atom. The molecule has 90 valence electrons. The van der Waals surface area contributed by atoms with Crippen LogP contribution in [0.1, 0.15) is 27.2 Å². The lowest BCUT2D eigenvalue weighted by atomic mass is 9.97. The molecule has 3 nitrogen and oxygen atoms in total. The predicted octanol–water partition coefficient (Wildman–Crippen LogP) is 2.19. The Balaban J connectivity index is 0.000000385. The van der Waals surface area contributed by atoms with Crippen molar-refractivity contribution in [3.8, 4) is 6.07 Å². The highest BCUT2D eigenvalue weighted by Crippen LogP contribution is 2.10. The molecule has 1 aliphatic rings. The molecule has 0 aromatic carbocycles. The number of allylic oxidation sites excluding steroid dienone is 2. The van der Waals surface area contributed by atoms with E-state index in [0.717, 1.165) is 19.5 Å². The Morgan fingerprint density at radius 1 is 1.31 bits per heavy atom. The summed E-state index contributed by atoms with van der Waals surface area (Å²) in [5, 5.41) is 15.0. The molecule has 1 rings (SSSR count). The second-order valence-electron chi connectivity index (χ2n) is 3.54. The number of dihydropyridines is 1. The molecule has 1 aliphatic heterocycles. The molecule has 0 fully saturated rings. The standard InChI is InChI=1S/C9H12N2.C4H11N/c1-2-8(7-10)9-5-3-4-6-11-9;1-3-5-4-2/h3-6,8-9,11H,2H2,1H3;5H,3-4H2,1-2H3. The Hall–Kier alpha value is -1.27. The van der Waals surface area contributed by atoms with Gasteiger partial charge >= 0.3 is 0 Å². The van der Waals surface area contributed by atoms with Crippen molar-refractivity contribution >= 4 is 0 Å². The summed E-state index contributed by atoms with van der Waals surface area (Å²) in [6.07, 6.45) is 8.70. The minimum absolute atomic E-state index is 0.0937. The molecule has 0 saturated carbocycles. The molecule has 2 unspecified atom stereocenters. The summed E-state index contributed by atoms with van der Waals surface area (Å²) in [5.41, 5.74) is 0. The fourth-order valence-corrected chi connectivity index (χ4v) is 1.39. The highest BCUT2D eigenvalue weighted by atomic mass is 14.9. The number of hydrogen-bond acceptors (Lipinski definition) is 3. The molecule has 0 aliphatic carbocycles. The molecule has 0 saturated heterocycles. The van der Waals surface area contributed by atoms with Gasteiger partial charge in [0.15, 0.2) is 0 Å². The van der Waals surface area contributed by atoms with Crippen molar-refractivity contribution in [1.82, 2.24) is 10.6 Å².